The topological polar surface area (TPSA) is 26.0 Å². The second kappa shape index (κ2) is 4.13. The van der Waals surface area contributed by atoms with Crippen LogP contribution in [0.15, 0.2) is 30.3 Å². The molecule has 0 bridgehead atoms. The minimum absolute atomic E-state index is 0.0204. The molecule has 0 aliphatic rings. The highest BCUT2D eigenvalue weighted by Gasteiger charge is 2.10. The summed E-state index contributed by atoms with van der Waals surface area (Å²) in [7, 11) is 0. The normalized spacial score (nSPS) is 10.6. The minimum Gasteiger partial charge on any atom is -0.396 e. The van der Waals surface area contributed by atoms with Crippen LogP contribution in [-0.2, 0) is 0 Å². The molecule has 4 heteroatoms. The molecule has 88 valence electrons. The van der Waals surface area contributed by atoms with Gasteiger partial charge in [-0.25, -0.2) is 13.2 Å². The van der Waals surface area contributed by atoms with Crippen molar-refractivity contribution in [3.8, 4) is 11.1 Å². The average molecular weight is 237 g/mol. The van der Waals surface area contributed by atoms with Crippen molar-refractivity contribution in [1.82, 2.24) is 0 Å². The largest absolute Gasteiger partial charge is 0.396 e. The summed E-state index contributed by atoms with van der Waals surface area (Å²) in [5, 5.41) is 0. The van der Waals surface area contributed by atoms with Crippen molar-refractivity contribution < 1.29 is 13.2 Å². The van der Waals surface area contributed by atoms with Crippen LogP contribution in [0, 0.1) is 24.4 Å². The maximum Gasteiger partial charge on any atom is 0.146 e. The molecule has 0 fully saturated rings. The van der Waals surface area contributed by atoms with Gasteiger partial charge in [0.15, 0.2) is 0 Å². The molecule has 1 nitrogen and oxygen atoms in total. The molecule has 0 unspecified atom stereocenters. The maximum atomic E-state index is 13.6. The predicted octanol–water partition coefficient (Wildman–Crippen LogP) is 3.66. The van der Waals surface area contributed by atoms with E-state index in [4.69, 9.17) is 5.73 Å². The number of anilines is 1. The van der Waals surface area contributed by atoms with Crippen molar-refractivity contribution in [2.24, 2.45) is 0 Å². The number of hydrogen-bond acceptors (Lipinski definition) is 1. The van der Waals surface area contributed by atoms with E-state index in [0.29, 0.717) is 0 Å². The first-order chi connectivity index (χ1) is 7.99. The van der Waals surface area contributed by atoms with E-state index in [1.54, 1.807) is 0 Å². The van der Waals surface area contributed by atoms with E-state index in [1.165, 1.54) is 19.1 Å². The Labute approximate surface area is 96.7 Å². The third-order valence-electron chi connectivity index (χ3n) is 2.56. The second-order valence-corrected chi connectivity index (χ2v) is 3.82. The second-order valence-electron chi connectivity index (χ2n) is 3.82. The van der Waals surface area contributed by atoms with Crippen LogP contribution in [0.3, 0.4) is 0 Å². The van der Waals surface area contributed by atoms with Gasteiger partial charge in [0, 0.05) is 5.56 Å². The molecular formula is C13H10F3N. The Kier molecular flexibility index (Phi) is 2.79. The Hall–Kier alpha value is -1.97. The van der Waals surface area contributed by atoms with E-state index in [0.717, 1.165) is 18.2 Å². The van der Waals surface area contributed by atoms with E-state index in [9.17, 15) is 13.2 Å². The Bertz CT molecular complexity index is 579. The van der Waals surface area contributed by atoms with Crippen LogP contribution in [0.2, 0.25) is 0 Å². The van der Waals surface area contributed by atoms with Gasteiger partial charge in [-0.15, -0.1) is 0 Å². The lowest BCUT2D eigenvalue weighted by atomic mass is 10.0. The number of nitrogen functional groups attached to an aromatic ring is 1. The quantitative estimate of drug-likeness (QED) is 0.752. The summed E-state index contributed by atoms with van der Waals surface area (Å²) >= 11 is 0. The van der Waals surface area contributed by atoms with Crippen molar-refractivity contribution in [3.05, 3.63) is 53.3 Å². The lowest BCUT2D eigenvalue weighted by Crippen LogP contribution is -1.94. The summed E-state index contributed by atoms with van der Waals surface area (Å²) in [4.78, 5) is 0. The van der Waals surface area contributed by atoms with Gasteiger partial charge in [-0.1, -0.05) is 6.07 Å². The molecule has 0 saturated heterocycles. The zero-order valence-electron chi connectivity index (χ0n) is 9.10. The molecular weight excluding hydrogens is 227 g/mol. The van der Waals surface area contributed by atoms with Gasteiger partial charge in [-0.05, 0) is 42.3 Å². The van der Waals surface area contributed by atoms with Gasteiger partial charge >= 0.3 is 0 Å². The summed E-state index contributed by atoms with van der Waals surface area (Å²) in [6, 6.07) is 5.99. The van der Waals surface area contributed by atoms with Gasteiger partial charge in [-0.3, -0.25) is 0 Å². The van der Waals surface area contributed by atoms with Crippen molar-refractivity contribution in [2.75, 3.05) is 5.73 Å². The summed E-state index contributed by atoms with van der Waals surface area (Å²) in [6.07, 6.45) is 0. The lowest BCUT2D eigenvalue weighted by Gasteiger charge is -2.07. The predicted molar refractivity (Wildman–Crippen MR) is 60.9 cm³/mol. The zero-order chi connectivity index (χ0) is 12.6. The minimum atomic E-state index is -0.650. The number of hydrogen-bond donors (Lipinski definition) is 1. The lowest BCUT2D eigenvalue weighted by molar-refractivity contribution is 0.594. The highest BCUT2D eigenvalue weighted by atomic mass is 19.1. The van der Waals surface area contributed by atoms with Crippen LogP contribution in [0.4, 0.5) is 18.9 Å². The molecule has 0 spiro atoms. The average Bonchev–Trinajstić information content (AvgIpc) is 2.27. The van der Waals surface area contributed by atoms with Gasteiger partial charge in [0.05, 0.1) is 5.69 Å². The molecule has 0 aliphatic heterocycles. The van der Waals surface area contributed by atoms with Gasteiger partial charge in [0.25, 0.3) is 0 Å². The fourth-order valence-electron chi connectivity index (χ4n) is 1.56. The summed E-state index contributed by atoms with van der Waals surface area (Å²) in [5.74, 6) is -1.77. The Balaban J connectivity index is 2.60. The molecule has 2 aromatic rings. The number of benzene rings is 2. The first kappa shape index (κ1) is 11.5. The van der Waals surface area contributed by atoms with Crippen LogP contribution < -0.4 is 5.73 Å². The fraction of sp³-hybridized carbons (Fsp3) is 0.0769. The number of halogens is 3. The molecule has 0 heterocycles. The fourth-order valence-corrected chi connectivity index (χ4v) is 1.56. The molecule has 0 atom stereocenters. The maximum absolute atomic E-state index is 13.6. The molecule has 2 N–H and O–H groups in total. The smallest absolute Gasteiger partial charge is 0.146 e. The van der Waals surface area contributed by atoms with Crippen molar-refractivity contribution in [1.29, 1.82) is 0 Å². The standard InChI is InChI=1S/C13H10F3N/c1-7-4-11(15)9(6-10(7)14)8-2-3-13(17)12(16)5-8/h2-6H,17H2,1H3. The number of rotatable bonds is 1. The Morgan fingerprint density at radius 2 is 1.59 bits per heavy atom. The van der Waals surface area contributed by atoms with E-state index in [2.05, 4.69) is 0 Å². The molecule has 0 aliphatic carbocycles. The molecule has 0 aromatic heterocycles. The molecule has 2 rings (SSSR count). The van der Waals surface area contributed by atoms with E-state index < -0.39 is 17.5 Å². The first-order valence-corrected chi connectivity index (χ1v) is 5.00. The van der Waals surface area contributed by atoms with Gasteiger partial charge in [-0.2, -0.15) is 0 Å². The highest BCUT2D eigenvalue weighted by molar-refractivity contribution is 5.67. The van der Waals surface area contributed by atoms with Crippen molar-refractivity contribution >= 4 is 5.69 Å². The molecule has 0 amide bonds. The van der Waals surface area contributed by atoms with Gasteiger partial charge in [0.2, 0.25) is 0 Å². The van der Waals surface area contributed by atoms with Gasteiger partial charge < -0.3 is 5.73 Å². The van der Waals surface area contributed by atoms with Crippen molar-refractivity contribution in [2.45, 2.75) is 6.92 Å². The third kappa shape index (κ3) is 2.11. The monoisotopic (exact) mass is 237 g/mol. The first-order valence-electron chi connectivity index (χ1n) is 5.00. The van der Waals surface area contributed by atoms with Crippen molar-refractivity contribution in [3.63, 3.8) is 0 Å². The third-order valence-corrected chi connectivity index (χ3v) is 2.56. The van der Waals surface area contributed by atoms with Crippen LogP contribution in [0.1, 0.15) is 5.56 Å². The summed E-state index contributed by atoms with van der Waals surface area (Å²) < 4.78 is 40.2. The molecule has 17 heavy (non-hydrogen) atoms. The molecule has 0 saturated carbocycles. The Morgan fingerprint density at radius 1 is 0.882 bits per heavy atom. The van der Waals surface area contributed by atoms with Crippen LogP contribution in [0.25, 0.3) is 11.1 Å². The van der Waals surface area contributed by atoms with E-state index in [-0.39, 0.29) is 22.4 Å². The summed E-state index contributed by atoms with van der Waals surface area (Å²) in [6.45, 7) is 1.46. The summed E-state index contributed by atoms with van der Waals surface area (Å²) in [5.41, 5.74) is 5.78. The molecule has 0 radical (unpaired) electrons. The zero-order valence-corrected chi connectivity index (χ0v) is 9.10. The number of aryl methyl sites for hydroxylation is 1. The van der Waals surface area contributed by atoms with Crippen LogP contribution in [-0.4, -0.2) is 0 Å². The van der Waals surface area contributed by atoms with Gasteiger partial charge in [0.1, 0.15) is 17.5 Å². The van der Waals surface area contributed by atoms with Crippen LogP contribution >= 0.6 is 0 Å². The van der Waals surface area contributed by atoms with E-state index in [1.807, 2.05) is 0 Å². The van der Waals surface area contributed by atoms with Crippen LogP contribution in [0.5, 0.6) is 0 Å². The SMILES string of the molecule is Cc1cc(F)c(-c2ccc(N)c(F)c2)cc1F. The number of nitrogens with two attached hydrogens (primary N) is 1. The van der Waals surface area contributed by atoms with E-state index >= 15 is 0 Å². The highest BCUT2D eigenvalue weighted by Crippen LogP contribution is 2.27. The Morgan fingerprint density at radius 3 is 2.24 bits per heavy atom. The molecule has 2 aromatic carbocycles.